The van der Waals surface area contributed by atoms with Crippen molar-refractivity contribution in [2.24, 2.45) is 11.3 Å². The molecule has 38 heavy (non-hydrogen) atoms. The highest BCUT2D eigenvalue weighted by molar-refractivity contribution is 6.30. The first-order valence-electron chi connectivity index (χ1n) is 12.4. The number of aliphatic hydroxyl groups is 1. The molecule has 0 saturated carbocycles. The Bertz CT molecular complexity index is 1210. The number of carboxylic acid groups (broad SMARTS) is 1. The van der Waals surface area contributed by atoms with E-state index in [1.54, 1.807) is 29.2 Å². The zero-order valence-corrected chi connectivity index (χ0v) is 22.7. The van der Waals surface area contributed by atoms with Crippen molar-refractivity contribution >= 4 is 35.3 Å². The van der Waals surface area contributed by atoms with Gasteiger partial charge in [-0.15, -0.1) is 0 Å². The first-order valence-corrected chi connectivity index (χ1v) is 12.8. The van der Waals surface area contributed by atoms with Gasteiger partial charge in [0.15, 0.2) is 0 Å². The molecule has 1 aliphatic heterocycles. The smallest absolute Gasteiger partial charge is 0.322 e. The molecule has 3 amide bonds. The average Bonchev–Trinajstić information content (AvgIpc) is 2.87. The van der Waals surface area contributed by atoms with Gasteiger partial charge in [0.2, 0.25) is 5.91 Å². The molecule has 2 aromatic carbocycles. The van der Waals surface area contributed by atoms with Crippen LogP contribution in [0.5, 0.6) is 0 Å². The fourth-order valence-electron chi connectivity index (χ4n) is 4.77. The summed E-state index contributed by atoms with van der Waals surface area (Å²) in [7, 11) is 0. The highest BCUT2D eigenvalue weighted by Crippen LogP contribution is 2.46. The second kappa shape index (κ2) is 11.5. The minimum atomic E-state index is -1.18. The van der Waals surface area contributed by atoms with E-state index in [2.05, 4.69) is 10.6 Å². The summed E-state index contributed by atoms with van der Waals surface area (Å²) in [5.41, 5.74) is -0.807. The number of carboxylic acids is 1. The van der Waals surface area contributed by atoms with Crippen molar-refractivity contribution in [1.29, 1.82) is 0 Å². The van der Waals surface area contributed by atoms with E-state index in [4.69, 9.17) is 16.7 Å². The van der Waals surface area contributed by atoms with E-state index in [0.29, 0.717) is 18.0 Å². The molecule has 0 unspecified atom stereocenters. The Balaban J connectivity index is 1.74. The highest BCUT2D eigenvalue weighted by Gasteiger charge is 2.50. The van der Waals surface area contributed by atoms with Crippen molar-refractivity contribution in [3.05, 3.63) is 70.2 Å². The Labute approximate surface area is 227 Å². The zero-order valence-electron chi connectivity index (χ0n) is 22.0. The van der Waals surface area contributed by atoms with Gasteiger partial charge in [-0.1, -0.05) is 57.5 Å². The van der Waals surface area contributed by atoms with Crippen molar-refractivity contribution in [2.45, 2.75) is 45.8 Å². The lowest BCUT2D eigenvalue weighted by Crippen LogP contribution is -2.60. The van der Waals surface area contributed by atoms with Gasteiger partial charge in [0.25, 0.3) is 11.8 Å². The summed E-state index contributed by atoms with van der Waals surface area (Å²) < 4.78 is 0. The number of nitrogens with one attached hydrogen (secondary N) is 2. The number of hydrogen-bond donors (Lipinski definition) is 4. The first-order chi connectivity index (χ1) is 17.7. The van der Waals surface area contributed by atoms with Gasteiger partial charge >= 0.3 is 5.97 Å². The first kappa shape index (κ1) is 29.1. The maximum Gasteiger partial charge on any atom is 0.322 e. The summed E-state index contributed by atoms with van der Waals surface area (Å²) in [6, 6.07) is 12.1. The number of rotatable bonds is 8. The highest BCUT2D eigenvalue weighted by atomic mass is 35.5. The lowest BCUT2D eigenvalue weighted by Gasteiger charge is -2.51. The standard InChI is InChI=1S/C28H34ClN3O6/c1-17(2)23(31-25(36)19-7-5-6-18(14-19)24(35)30-15-22(33)34)26(37)32-13-12-28(38,27(3,4)16-32)20-8-10-21(29)11-9-20/h5-11,14,17,23,38H,12-13,15-16H2,1-4H3,(H,30,35)(H,31,36)(H,33,34)/t23-,28+/m1/s1. The van der Waals surface area contributed by atoms with E-state index in [9.17, 15) is 24.3 Å². The zero-order chi connectivity index (χ0) is 28.3. The minimum absolute atomic E-state index is 0.130. The van der Waals surface area contributed by atoms with Gasteiger partial charge in [-0.05, 0) is 48.2 Å². The van der Waals surface area contributed by atoms with Gasteiger partial charge < -0.3 is 25.7 Å². The fourth-order valence-corrected chi connectivity index (χ4v) is 4.89. The van der Waals surface area contributed by atoms with Crippen LogP contribution in [0.4, 0.5) is 0 Å². The third kappa shape index (κ3) is 6.34. The van der Waals surface area contributed by atoms with E-state index in [1.807, 2.05) is 27.7 Å². The third-order valence-corrected chi connectivity index (χ3v) is 7.34. The maximum absolute atomic E-state index is 13.6. The lowest BCUT2D eigenvalue weighted by atomic mass is 9.66. The Morgan fingerprint density at radius 3 is 2.18 bits per heavy atom. The van der Waals surface area contributed by atoms with Gasteiger partial charge in [0.05, 0.1) is 5.60 Å². The van der Waals surface area contributed by atoms with Crippen molar-refractivity contribution < 1.29 is 29.4 Å². The second-order valence-corrected chi connectivity index (χ2v) is 11.0. The van der Waals surface area contributed by atoms with Crippen LogP contribution in [-0.2, 0) is 15.2 Å². The molecular weight excluding hydrogens is 510 g/mol. The maximum atomic E-state index is 13.6. The number of hydrogen-bond acceptors (Lipinski definition) is 5. The quantitative estimate of drug-likeness (QED) is 0.404. The fraction of sp³-hybridized carbons (Fsp3) is 0.429. The molecule has 0 aliphatic carbocycles. The molecule has 9 nitrogen and oxygen atoms in total. The molecule has 2 atom stereocenters. The molecule has 0 spiro atoms. The number of halogens is 1. The largest absolute Gasteiger partial charge is 0.480 e. The van der Waals surface area contributed by atoms with Crippen molar-refractivity contribution in [3.63, 3.8) is 0 Å². The number of aliphatic carboxylic acids is 1. The van der Waals surface area contributed by atoms with Crippen LogP contribution in [0.2, 0.25) is 5.02 Å². The Hall–Kier alpha value is -3.43. The normalized spacial score (nSPS) is 19.5. The van der Waals surface area contributed by atoms with Gasteiger partial charge in [-0.2, -0.15) is 0 Å². The van der Waals surface area contributed by atoms with Gasteiger partial charge in [-0.3, -0.25) is 19.2 Å². The van der Waals surface area contributed by atoms with Crippen molar-refractivity contribution in [3.8, 4) is 0 Å². The number of amides is 3. The summed E-state index contributed by atoms with van der Waals surface area (Å²) >= 11 is 6.02. The van der Waals surface area contributed by atoms with Gasteiger partial charge in [0.1, 0.15) is 12.6 Å². The number of piperidine rings is 1. The molecule has 2 aromatic rings. The van der Waals surface area contributed by atoms with Crippen LogP contribution in [0.3, 0.4) is 0 Å². The van der Waals surface area contributed by atoms with E-state index in [0.717, 1.165) is 5.56 Å². The van der Waals surface area contributed by atoms with E-state index >= 15 is 0 Å². The topological polar surface area (TPSA) is 136 Å². The van der Waals surface area contributed by atoms with Crippen molar-refractivity contribution in [1.82, 2.24) is 15.5 Å². The van der Waals surface area contributed by atoms with Crippen LogP contribution < -0.4 is 10.6 Å². The summed E-state index contributed by atoms with van der Waals surface area (Å²) in [4.78, 5) is 51.3. The molecule has 1 saturated heterocycles. The second-order valence-electron chi connectivity index (χ2n) is 10.6. The third-order valence-electron chi connectivity index (χ3n) is 7.09. The van der Waals surface area contributed by atoms with Crippen LogP contribution in [0.1, 0.15) is 60.4 Å². The predicted molar refractivity (Wildman–Crippen MR) is 143 cm³/mol. The molecule has 1 aliphatic rings. The number of likely N-dealkylation sites (tertiary alicyclic amines) is 1. The number of carbonyl (C=O) groups excluding carboxylic acids is 3. The summed E-state index contributed by atoms with van der Waals surface area (Å²) in [6.07, 6.45) is 0.319. The molecule has 0 aromatic heterocycles. The number of nitrogens with zero attached hydrogens (tertiary/aromatic N) is 1. The summed E-state index contributed by atoms with van der Waals surface area (Å²) in [5.74, 6) is -2.82. The Morgan fingerprint density at radius 2 is 1.63 bits per heavy atom. The monoisotopic (exact) mass is 543 g/mol. The van der Waals surface area contributed by atoms with Crippen LogP contribution >= 0.6 is 11.6 Å². The average molecular weight is 544 g/mol. The minimum Gasteiger partial charge on any atom is -0.480 e. The molecule has 1 fully saturated rings. The van der Waals surface area contributed by atoms with E-state index < -0.39 is 41.4 Å². The van der Waals surface area contributed by atoms with Crippen LogP contribution in [0, 0.1) is 11.3 Å². The lowest BCUT2D eigenvalue weighted by molar-refractivity contribution is -0.155. The number of carbonyl (C=O) groups is 4. The molecule has 1 heterocycles. The molecule has 3 rings (SSSR count). The molecular formula is C28H34ClN3O6. The predicted octanol–water partition coefficient (Wildman–Crippen LogP) is 3.06. The summed E-state index contributed by atoms with van der Waals surface area (Å²) in [5, 5.41) is 26.0. The molecule has 204 valence electrons. The summed E-state index contributed by atoms with van der Waals surface area (Å²) in [6.45, 7) is 7.52. The Morgan fingerprint density at radius 1 is 1.03 bits per heavy atom. The number of benzene rings is 2. The van der Waals surface area contributed by atoms with Crippen LogP contribution in [0.25, 0.3) is 0 Å². The molecule has 0 bridgehead atoms. The SMILES string of the molecule is CC(C)[C@@H](NC(=O)c1cccc(C(=O)NCC(=O)O)c1)C(=O)N1CC[C@](O)(c2ccc(Cl)cc2)C(C)(C)C1. The van der Waals surface area contributed by atoms with Crippen LogP contribution in [0.15, 0.2) is 48.5 Å². The van der Waals surface area contributed by atoms with Gasteiger partial charge in [0, 0.05) is 34.7 Å². The van der Waals surface area contributed by atoms with E-state index in [-0.39, 0.29) is 29.5 Å². The molecule has 0 radical (unpaired) electrons. The molecule has 4 N–H and O–H groups in total. The molecule has 10 heteroatoms. The van der Waals surface area contributed by atoms with Gasteiger partial charge in [-0.25, -0.2) is 0 Å². The Kier molecular flexibility index (Phi) is 8.84. The van der Waals surface area contributed by atoms with E-state index in [1.165, 1.54) is 24.3 Å². The van der Waals surface area contributed by atoms with Crippen LogP contribution in [-0.4, -0.2) is 64.5 Å². The van der Waals surface area contributed by atoms with Crippen molar-refractivity contribution in [2.75, 3.05) is 19.6 Å².